The van der Waals surface area contributed by atoms with E-state index in [0.717, 1.165) is 108 Å². The van der Waals surface area contributed by atoms with Crippen molar-refractivity contribution in [3.63, 3.8) is 0 Å². The van der Waals surface area contributed by atoms with Gasteiger partial charge < -0.3 is 33.8 Å². The number of carbonyl (C=O) groups excluding carboxylic acids is 4. The Labute approximate surface area is 638 Å². The Bertz CT molecular complexity index is 2000. The van der Waals surface area contributed by atoms with Gasteiger partial charge in [0.1, 0.15) is 19.3 Å². The zero-order chi connectivity index (χ0) is 76.4. The number of esters is 4. The van der Waals surface area contributed by atoms with Crippen LogP contribution in [0.15, 0.2) is 0 Å². The minimum atomic E-state index is -4.96. The van der Waals surface area contributed by atoms with Crippen molar-refractivity contribution in [3.8, 4) is 0 Å². The summed E-state index contributed by atoms with van der Waals surface area (Å²) in [5.41, 5.74) is 0. The lowest BCUT2D eigenvalue weighted by atomic mass is 9.99. The lowest BCUT2D eigenvalue weighted by Gasteiger charge is -2.21. The van der Waals surface area contributed by atoms with Gasteiger partial charge in [-0.15, -0.1) is 0 Å². The maximum absolute atomic E-state index is 13.1. The first-order valence-corrected chi connectivity index (χ1v) is 47.0. The van der Waals surface area contributed by atoms with E-state index in [9.17, 15) is 43.2 Å². The van der Waals surface area contributed by atoms with Gasteiger partial charge in [0.05, 0.1) is 26.4 Å². The Morgan fingerprint density at radius 1 is 0.279 bits per heavy atom. The Balaban J connectivity index is 5.17. The second kappa shape index (κ2) is 76.4. The fraction of sp³-hybridized carbons (Fsp3) is 0.953. The Morgan fingerprint density at radius 2 is 0.490 bits per heavy atom. The summed E-state index contributed by atoms with van der Waals surface area (Å²) >= 11 is 0. The van der Waals surface area contributed by atoms with E-state index in [2.05, 4.69) is 41.5 Å². The molecule has 0 rings (SSSR count). The fourth-order valence-electron chi connectivity index (χ4n) is 13.2. The van der Waals surface area contributed by atoms with Crippen LogP contribution in [0.1, 0.15) is 452 Å². The van der Waals surface area contributed by atoms with Crippen molar-refractivity contribution in [1.29, 1.82) is 0 Å². The molecule has 0 aliphatic heterocycles. The Morgan fingerprint density at radius 3 is 0.731 bits per heavy atom. The lowest BCUT2D eigenvalue weighted by Crippen LogP contribution is -2.30. The van der Waals surface area contributed by atoms with Crippen molar-refractivity contribution >= 4 is 39.5 Å². The number of aliphatic hydroxyl groups excluding tert-OH is 1. The van der Waals surface area contributed by atoms with Gasteiger partial charge in [0.15, 0.2) is 12.2 Å². The van der Waals surface area contributed by atoms with Crippen LogP contribution < -0.4 is 0 Å². The van der Waals surface area contributed by atoms with Crippen molar-refractivity contribution in [1.82, 2.24) is 0 Å². The van der Waals surface area contributed by atoms with Crippen LogP contribution in [0, 0.1) is 11.8 Å². The normalized spacial score (nSPS) is 14.1. The molecule has 17 nitrogen and oxygen atoms in total. The van der Waals surface area contributed by atoms with Crippen LogP contribution >= 0.6 is 15.6 Å². The molecule has 0 heterocycles. The molecule has 0 aromatic heterocycles. The highest BCUT2D eigenvalue weighted by Gasteiger charge is 2.30. The maximum Gasteiger partial charge on any atom is 0.472 e. The van der Waals surface area contributed by atoms with Gasteiger partial charge in [-0.05, 0) is 37.5 Å². The first kappa shape index (κ1) is 102. The summed E-state index contributed by atoms with van der Waals surface area (Å²) in [6, 6.07) is 0. The largest absolute Gasteiger partial charge is 0.472 e. The Hall–Kier alpha value is -1.94. The molecule has 0 radical (unpaired) electrons. The fourth-order valence-corrected chi connectivity index (χ4v) is 14.8. The summed E-state index contributed by atoms with van der Waals surface area (Å²) < 4.78 is 68.7. The van der Waals surface area contributed by atoms with Crippen LogP contribution in [0.4, 0.5) is 0 Å². The molecule has 0 fully saturated rings. The van der Waals surface area contributed by atoms with E-state index in [1.54, 1.807) is 0 Å². The summed E-state index contributed by atoms with van der Waals surface area (Å²) in [6.07, 6.45) is 68.1. The van der Waals surface area contributed by atoms with Gasteiger partial charge >= 0.3 is 39.5 Å². The van der Waals surface area contributed by atoms with Gasteiger partial charge in [0.2, 0.25) is 0 Å². The standard InChI is InChI=1S/C85H166O17P2/c1-7-10-12-14-16-18-19-32-40-45-51-57-63-69-84(89)101-80(73-95-82(87)67-61-55-49-17-15-13-11-8-2)75-99-103(91,92)97-71-79(86)72-98-104(93,94)100-76-81(74-96-83(88)68-62-56-50-44-39-35-30-26-22-20-24-28-33-37-42-47-53-59-65-77(4)5)102-85(90)70-64-58-52-46-41-36-31-27-23-21-25-29-34-38-43-48-54-60-66-78(6)9-3/h77-81,86H,7-76H2,1-6H3,(H,91,92)(H,93,94)/t78?,79-,80+,81+/m0/s1. The molecule has 0 bridgehead atoms. The second-order valence-electron chi connectivity index (χ2n) is 31.3. The molecule has 3 unspecified atom stereocenters. The minimum Gasteiger partial charge on any atom is -0.462 e. The molecule has 0 aliphatic carbocycles. The van der Waals surface area contributed by atoms with E-state index in [1.165, 1.54) is 263 Å². The van der Waals surface area contributed by atoms with Gasteiger partial charge in [-0.1, -0.05) is 401 Å². The predicted octanol–water partition coefficient (Wildman–Crippen LogP) is 25.8. The van der Waals surface area contributed by atoms with Crippen LogP contribution in [0.5, 0.6) is 0 Å². The van der Waals surface area contributed by atoms with Crippen molar-refractivity contribution in [3.05, 3.63) is 0 Å². The Kier molecular flexibility index (Phi) is 75.0. The van der Waals surface area contributed by atoms with Crippen LogP contribution in [0.3, 0.4) is 0 Å². The number of hydrogen-bond acceptors (Lipinski definition) is 15. The number of phosphoric acid groups is 2. The molecule has 6 atom stereocenters. The molecular formula is C85H166O17P2. The van der Waals surface area contributed by atoms with E-state index >= 15 is 0 Å². The number of ether oxygens (including phenoxy) is 4. The third kappa shape index (κ3) is 76.8. The quantitative estimate of drug-likeness (QED) is 0.0222. The molecule has 0 amide bonds. The summed E-state index contributed by atoms with van der Waals surface area (Å²) in [4.78, 5) is 73.0. The van der Waals surface area contributed by atoms with E-state index < -0.39 is 97.5 Å². The SMILES string of the molecule is CCCCCCCCCCCCCCCC(=O)O[C@H](COC(=O)CCCCCCCCCC)COP(=O)(O)OC[C@H](O)COP(=O)(O)OC[C@@H](COC(=O)CCCCCCCCCCCCCCCCCCCCC(C)C)OC(=O)CCCCCCCCCCCCCCCCCCCCC(C)CC. The lowest BCUT2D eigenvalue weighted by molar-refractivity contribution is -0.161. The molecule has 3 N–H and O–H groups in total. The predicted molar refractivity (Wildman–Crippen MR) is 428 cm³/mol. The zero-order valence-corrected chi connectivity index (χ0v) is 70.1. The molecule has 0 aromatic rings. The zero-order valence-electron chi connectivity index (χ0n) is 68.3. The van der Waals surface area contributed by atoms with E-state index in [1.807, 2.05) is 0 Å². The summed E-state index contributed by atoms with van der Waals surface area (Å²) in [7, 11) is -9.92. The van der Waals surface area contributed by atoms with Gasteiger partial charge in [-0.2, -0.15) is 0 Å². The first-order chi connectivity index (χ1) is 50.4. The molecule has 0 spiro atoms. The van der Waals surface area contributed by atoms with Gasteiger partial charge in [-0.3, -0.25) is 37.3 Å². The summed E-state index contributed by atoms with van der Waals surface area (Å²) in [5, 5.41) is 10.6. The highest BCUT2D eigenvalue weighted by Crippen LogP contribution is 2.45. The number of unbranched alkanes of at least 4 members (excludes halogenated alkanes) is 53. The van der Waals surface area contributed by atoms with E-state index in [4.69, 9.17) is 37.0 Å². The van der Waals surface area contributed by atoms with Gasteiger partial charge in [0.25, 0.3) is 0 Å². The monoisotopic (exact) mass is 1520 g/mol. The minimum absolute atomic E-state index is 0.108. The third-order valence-corrected chi connectivity index (χ3v) is 22.2. The van der Waals surface area contributed by atoms with E-state index in [-0.39, 0.29) is 25.7 Å². The third-order valence-electron chi connectivity index (χ3n) is 20.3. The molecule has 0 saturated heterocycles. The van der Waals surface area contributed by atoms with Crippen molar-refractivity contribution in [2.75, 3.05) is 39.6 Å². The number of carbonyl (C=O) groups is 4. The average Bonchev–Trinajstić information content (AvgIpc) is 0.917. The highest BCUT2D eigenvalue weighted by molar-refractivity contribution is 7.47. The average molecular weight is 1520 g/mol. The van der Waals surface area contributed by atoms with Crippen molar-refractivity contribution in [2.24, 2.45) is 11.8 Å². The highest BCUT2D eigenvalue weighted by atomic mass is 31.2. The number of hydrogen-bond donors (Lipinski definition) is 3. The van der Waals surface area contributed by atoms with Crippen molar-refractivity contribution < 1.29 is 80.2 Å². The number of rotatable bonds is 84. The van der Waals surface area contributed by atoms with Gasteiger partial charge in [-0.25, -0.2) is 9.13 Å². The van der Waals surface area contributed by atoms with Crippen LogP contribution in [-0.4, -0.2) is 96.7 Å². The van der Waals surface area contributed by atoms with Gasteiger partial charge in [0, 0.05) is 25.7 Å². The topological polar surface area (TPSA) is 237 Å². The molecule has 0 aromatic carbocycles. The molecule has 618 valence electrons. The van der Waals surface area contributed by atoms with Crippen LogP contribution in [0.2, 0.25) is 0 Å². The molecule has 0 aliphatic rings. The summed E-state index contributed by atoms with van der Waals surface area (Å²) in [5.74, 6) is -0.412. The molecule has 19 heteroatoms. The van der Waals surface area contributed by atoms with E-state index in [0.29, 0.717) is 25.7 Å². The first-order valence-electron chi connectivity index (χ1n) is 44.0. The molecule has 0 saturated carbocycles. The summed E-state index contributed by atoms with van der Waals surface area (Å²) in [6.45, 7) is 9.74. The number of aliphatic hydroxyl groups is 1. The van der Waals surface area contributed by atoms with Crippen molar-refractivity contribution in [2.45, 2.75) is 471 Å². The van der Waals surface area contributed by atoms with Crippen LogP contribution in [-0.2, 0) is 65.4 Å². The van der Waals surface area contributed by atoms with Crippen LogP contribution in [0.25, 0.3) is 0 Å². The maximum atomic E-state index is 13.1. The molecular weight excluding hydrogens is 1350 g/mol. The molecule has 104 heavy (non-hydrogen) atoms. The second-order valence-corrected chi connectivity index (χ2v) is 34.2. The smallest absolute Gasteiger partial charge is 0.462 e. The number of phosphoric ester groups is 2.